The minimum atomic E-state index is -0.644. The van der Waals surface area contributed by atoms with Crippen molar-refractivity contribution in [3.8, 4) is 11.4 Å². The van der Waals surface area contributed by atoms with Crippen molar-refractivity contribution in [3.05, 3.63) is 41.2 Å². The summed E-state index contributed by atoms with van der Waals surface area (Å²) in [4.78, 5) is 28.2. The average Bonchev–Trinajstić information content (AvgIpc) is 2.93. The smallest absolute Gasteiger partial charge is 0.359 e. The number of carbonyl (C=O) groups excluding carboxylic acids is 2. The van der Waals surface area contributed by atoms with Gasteiger partial charge in [-0.1, -0.05) is 24.3 Å². The highest BCUT2D eigenvalue weighted by Crippen LogP contribution is 2.31. The summed E-state index contributed by atoms with van der Waals surface area (Å²) in [6, 6.07) is 7.80. The third-order valence-electron chi connectivity index (χ3n) is 3.59. The van der Waals surface area contributed by atoms with Gasteiger partial charge in [-0.3, -0.25) is 0 Å². The van der Waals surface area contributed by atoms with Crippen LogP contribution in [0.15, 0.2) is 24.3 Å². The van der Waals surface area contributed by atoms with Crippen molar-refractivity contribution in [1.29, 1.82) is 0 Å². The number of aryl methyl sites for hydroxylation is 1. The van der Waals surface area contributed by atoms with E-state index in [1.807, 2.05) is 24.3 Å². The first-order valence-electron chi connectivity index (χ1n) is 6.52. The van der Waals surface area contributed by atoms with Crippen LogP contribution < -0.4 is 0 Å². The van der Waals surface area contributed by atoms with E-state index in [9.17, 15) is 9.59 Å². The number of carbonyl (C=O) groups is 2. The molecule has 0 N–H and O–H groups in total. The van der Waals surface area contributed by atoms with Gasteiger partial charge < -0.3 is 14.0 Å². The second-order valence-electron chi connectivity index (χ2n) is 4.67. The molecule has 0 bridgehead atoms. The van der Waals surface area contributed by atoms with E-state index in [4.69, 9.17) is 9.47 Å². The summed E-state index contributed by atoms with van der Waals surface area (Å²) in [5, 5.41) is 0. The molecule has 0 saturated carbocycles. The predicted octanol–water partition coefficient (Wildman–Crippen LogP) is 1.68. The number of benzene rings is 1. The number of rotatable bonds is 2. The van der Waals surface area contributed by atoms with Crippen LogP contribution in [0.5, 0.6) is 0 Å². The SMILES string of the molecule is COC(=O)c1nc2n(c1C(=O)OC)CCc1ccccc1-2. The number of fused-ring (bicyclic) bond motifs is 3. The summed E-state index contributed by atoms with van der Waals surface area (Å²) in [5.41, 5.74) is 2.21. The summed E-state index contributed by atoms with van der Waals surface area (Å²) in [5.74, 6) is -0.638. The summed E-state index contributed by atoms with van der Waals surface area (Å²) in [6.45, 7) is 0.570. The fourth-order valence-corrected chi connectivity index (χ4v) is 2.61. The maximum atomic E-state index is 12.0. The normalized spacial score (nSPS) is 12.3. The van der Waals surface area contributed by atoms with Crippen LogP contribution >= 0.6 is 0 Å². The molecule has 1 aliphatic rings. The second kappa shape index (κ2) is 5.05. The molecule has 2 aromatic rings. The summed E-state index contributed by atoms with van der Waals surface area (Å²) >= 11 is 0. The lowest BCUT2D eigenvalue weighted by Crippen LogP contribution is -2.19. The first-order chi connectivity index (χ1) is 10.2. The number of ether oxygens (including phenoxy) is 2. The van der Waals surface area contributed by atoms with Crippen LogP contribution in [-0.4, -0.2) is 35.7 Å². The average molecular weight is 286 g/mol. The molecule has 0 spiro atoms. The number of imidazole rings is 1. The molecule has 1 aromatic carbocycles. The van der Waals surface area contributed by atoms with Crippen molar-refractivity contribution in [3.63, 3.8) is 0 Å². The molecule has 6 nitrogen and oxygen atoms in total. The maximum absolute atomic E-state index is 12.0. The molecule has 3 rings (SSSR count). The zero-order chi connectivity index (χ0) is 15.0. The Bertz CT molecular complexity index is 733. The van der Waals surface area contributed by atoms with Gasteiger partial charge >= 0.3 is 11.9 Å². The lowest BCUT2D eigenvalue weighted by molar-refractivity contribution is 0.0543. The predicted molar refractivity (Wildman–Crippen MR) is 74.0 cm³/mol. The first kappa shape index (κ1) is 13.4. The molecule has 0 radical (unpaired) electrons. The molecule has 0 atom stereocenters. The van der Waals surface area contributed by atoms with Crippen molar-refractivity contribution in [1.82, 2.24) is 9.55 Å². The van der Waals surface area contributed by atoms with Gasteiger partial charge in [0.25, 0.3) is 0 Å². The fourth-order valence-electron chi connectivity index (χ4n) is 2.61. The van der Waals surface area contributed by atoms with Gasteiger partial charge in [-0.25, -0.2) is 14.6 Å². The Morgan fingerprint density at radius 1 is 1.14 bits per heavy atom. The number of nitrogens with zero attached hydrogens (tertiary/aromatic N) is 2. The quantitative estimate of drug-likeness (QED) is 0.785. The van der Waals surface area contributed by atoms with Crippen LogP contribution in [0.4, 0.5) is 0 Å². The Morgan fingerprint density at radius 3 is 2.57 bits per heavy atom. The number of hydrogen-bond donors (Lipinski definition) is 0. The minimum Gasteiger partial charge on any atom is -0.464 e. The highest BCUT2D eigenvalue weighted by molar-refractivity contribution is 6.01. The Hall–Kier alpha value is -2.63. The highest BCUT2D eigenvalue weighted by Gasteiger charge is 2.31. The molecule has 1 aromatic heterocycles. The molecule has 0 unspecified atom stereocenters. The Morgan fingerprint density at radius 2 is 1.86 bits per heavy atom. The van der Waals surface area contributed by atoms with E-state index in [1.54, 1.807) is 4.57 Å². The molecule has 108 valence electrons. The third kappa shape index (κ3) is 1.99. The summed E-state index contributed by atoms with van der Waals surface area (Å²) in [6.07, 6.45) is 0.768. The van der Waals surface area contributed by atoms with E-state index in [0.29, 0.717) is 12.4 Å². The fraction of sp³-hybridized carbons (Fsp3) is 0.267. The van der Waals surface area contributed by atoms with Gasteiger partial charge in [-0.05, 0) is 12.0 Å². The minimum absolute atomic E-state index is 0.00365. The van der Waals surface area contributed by atoms with Gasteiger partial charge in [0.15, 0.2) is 11.4 Å². The van der Waals surface area contributed by atoms with Gasteiger partial charge in [-0.15, -0.1) is 0 Å². The number of aromatic nitrogens is 2. The van der Waals surface area contributed by atoms with Crippen molar-refractivity contribution < 1.29 is 19.1 Å². The summed E-state index contributed by atoms with van der Waals surface area (Å²) < 4.78 is 11.2. The van der Waals surface area contributed by atoms with E-state index < -0.39 is 11.9 Å². The van der Waals surface area contributed by atoms with Crippen molar-refractivity contribution in [2.24, 2.45) is 0 Å². The maximum Gasteiger partial charge on any atom is 0.359 e. The van der Waals surface area contributed by atoms with Crippen LogP contribution in [0.3, 0.4) is 0 Å². The van der Waals surface area contributed by atoms with Crippen LogP contribution in [0.1, 0.15) is 26.5 Å². The van der Waals surface area contributed by atoms with Crippen LogP contribution in [0.25, 0.3) is 11.4 Å². The zero-order valence-corrected chi connectivity index (χ0v) is 11.8. The standard InChI is InChI=1S/C15H14N2O4/c1-20-14(18)11-12(15(19)21-2)17-8-7-9-5-3-4-6-10(9)13(17)16-11/h3-6H,7-8H2,1-2H3. The van der Waals surface area contributed by atoms with Gasteiger partial charge in [0, 0.05) is 12.1 Å². The van der Waals surface area contributed by atoms with Crippen molar-refractivity contribution >= 4 is 11.9 Å². The molecule has 0 fully saturated rings. The highest BCUT2D eigenvalue weighted by atomic mass is 16.5. The van der Waals surface area contributed by atoms with Crippen molar-refractivity contribution in [2.45, 2.75) is 13.0 Å². The monoisotopic (exact) mass is 286 g/mol. The molecular formula is C15H14N2O4. The molecular weight excluding hydrogens is 272 g/mol. The molecule has 1 aliphatic heterocycles. The van der Waals surface area contributed by atoms with Crippen LogP contribution in [0.2, 0.25) is 0 Å². The topological polar surface area (TPSA) is 70.4 Å². The summed E-state index contributed by atoms with van der Waals surface area (Å²) in [7, 11) is 2.54. The van der Waals surface area contributed by atoms with Gasteiger partial charge in [0.05, 0.1) is 14.2 Å². The third-order valence-corrected chi connectivity index (χ3v) is 3.59. The van der Waals surface area contributed by atoms with E-state index in [0.717, 1.165) is 17.5 Å². The van der Waals surface area contributed by atoms with Crippen LogP contribution in [-0.2, 0) is 22.4 Å². The van der Waals surface area contributed by atoms with Gasteiger partial charge in [0.1, 0.15) is 5.82 Å². The van der Waals surface area contributed by atoms with Gasteiger partial charge in [-0.2, -0.15) is 0 Å². The lowest BCUT2D eigenvalue weighted by atomic mass is 10.0. The number of hydrogen-bond acceptors (Lipinski definition) is 5. The van der Waals surface area contributed by atoms with E-state index in [2.05, 4.69) is 4.98 Å². The Kier molecular flexibility index (Phi) is 3.21. The van der Waals surface area contributed by atoms with Crippen molar-refractivity contribution in [2.75, 3.05) is 14.2 Å². The molecule has 21 heavy (non-hydrogen) atoms. The van der Waals surface area contributed by atoms with E-state index in [-0.39, 0.29) is 11.4 Å². The largest absolute Gasteiger partial charge is 0.464 e. The molecule has 6 heteroatoms. The second-order valence-corrected chi connectivity index (χ2v) is 4.67. The molecule has 2 heterocycles. The molecule has 0 amide bonds. The van der Waals surface area contributed by atoms with E-state index in [1.165, 1.54) is 14.2 Å². The number of esters is 2. The molecule has 0 aliphatic carbocycles. The zero-order valence-electron chi connectivity index (χ0n) is 11.8. The molecule has 0 saturated heterocycles. The Labute approximate surface area is 121 Å². The first-order valence-corrected chi connectivity index (χ1v) is 6.52. The van der Waals surface area contributed by atoms with E-state index >= 15 is 0 Å². The van der Waals surface area contributed by atoms with Crippen LogP contribution in [0, 0.1) is 0 Å². The Balaban J connectivity index is 2.25. The lowest BCUT2D eigenvalue weighted by Gasteiger charge is -2.18. The number of methoxy groups -OCH3 is 2. The van der Waals surface area contributed by atoms with Gasteiger partial charge in [0.2, 0.25) is 0 Å².